The minimum atomic E-state index is -0.102. The average molecular weight is 259 g/mol. The zero-order valence-corrected chi connectivity index (χ0v) is 8.82. The Labute approximate surface area is 87.7 Å². The molecule has 0 unspecified atom stereocenters. The standard InChI is InChI=1S/C9H5BrClNO/c10-8-5-3-4-12-9(13)6(5)1-2-7(8)11/h1-4H,(H,12,13). The quantitative estimate of drug-likeness (QED) is 0.774. The van der Waals surface area contributed by atoms with Crippen molar-refractivity contribution in [2.45, 2.75) is 0 Å². The second-order valence-electron chi connectivity index (χ2n) is 2.63. The van der Waals surface area contributed by atoms with Crippen LogP contribution in [0.1, 0.15) is 0 Å². The Bertz CT molecular complexity index is 520. The molecular weight excluding hydrogens is 253 g/mol. The van der Waals surface area contributed by atoms with Gasteiger partial charge in [0.1, 0.15) is 0 Å². The molecule has 0 bridgehead atoms. The summed E-state index contributed by atoms with van der Waals surface area (Å²) >= 11 is 9.21. The van der Waals surface area contributed by atoms with Crippen LogP contribution in [-0.4, -0.2) is 4.98 Å². The maximum absolute atomic E-state index is 11.3. The molecule has 0 radical (unpaired) electrons. The molecule has 4 heteroatoms. The number of nitrogens with one attached hydrogen (secondary N) is 1. The molecule has 0 saturated heterocycles. The second kappa shape index (κ2) is 3.16. The largest absolute Gasteiger partial charge is 0.329 e. The van der Waals surface area contributed by atoms with Crippen LogP contribution in [0.15, 0.2) is 33.7 Å². The number of rotatable bonds is 0. The molecule has 13 heavy (non-hydrogen) atoms. The fourth-order valence-corrected chi connectivity index (χ4v) is 1.85. The van der Waals surface area contributed by atoms with Crippen LogP contribution in [0.2, 0.25) is 5.02 Å². The highest BCUT2D eigenvalue weighted by atomic mass is 79.9. The van der Waals surface area contributed by atoms with Gasteiger partial charge in [-0.25, -0.2) is 0 Å². The third-order valence-electron chi connectivity index (χ3n) is 1.84. The molecule has 0 aliphatic rings. The lowest BCUT2D eigenvalue weighted by atomic mass is 10.2. The van der Waals surface area contributed by atoms with Gasteiger partial charge in [0.25, 0.3) is 5.56 Å². The van der Waals surface area contributed by atoms with Gasteiger partial charge in [-0.3, -0.25) is 4.79 Å². The Morgan fingerprint density at radius 1 is 1.23 bits per heavy atom. The zero-order valence-electron chi connectivity index (χ0n) is 6.47. The Hall–Kier alpha value is -0.800. The van der Waals surface area contributed by atoms with E-state index in [0.29, 0.717) is 10.4 Å². The molecule has 0 aliphatic carbocycles. The van der Waals surface area contributed by atoms with Gasteiger partial charge < -0.3 is 4.98 Å². The summed E-state index contributed by atoms with van der Waals surface area (Å²) in [5.74, 6) is 0. The number of halogens is 2. The SMILES string of the molecule is O=c1[nH]ccc2c(Br)c(Cl)ccc12. The van der Waals surface area contributed by atoms with Crippen LogP contribution < -0.4 is 5.56 Å². The van der Waals surface area contributed by atoms with Gasteiger partial charge in [0.05, 0.1) is 5.02 Å². The van der Waals surface area contributed by atoms with Crippen LogP contribution in [0, 0.1) is 0 Å². The maximum atomic E-state index is 11.3. The van der Waals surface area contributed by atoms with Gasteiger partial charge in [-0.05, 0) is 34.1 Å². The number of hydrogen-bond acceptors (Lipinski definition) is 1. The summed E-state index contributed by atoms with van der Waals surface area (Å²) in [7, 11) is 0. The molecule has 1 aromatic heterocycles. The van der Waals surface area contributed by atoms with Crippen molar-refractivity contribution in [2.75, 3.05) is 0 Å². The number of aromatic nitrogens is 1. The minimum absolute atomic E-state index is 0.102. The van der Waals surface area contributed by atoms with E-state index in [1.54, 1.807) is 18.3 Å². The Balaban J connectivity index is 3.03. The van der Waals surface area contributed by atoms with Crippen molar-refractivity contribution in [1.29, 1.82) is 0 Å². The fraction of sp³-hybridized carbons (Fsp3) is 0. The number of fused-ring (bicyclic) bond motifs is 1. The van der Waals surface area contributed by atoms with Gasteiger partial charge >= 0.3 is 0 Å². The van der Waals surface area contributed by atoms with Crippen molar-refractivity contribution in [3.8, 4) is 0 Å². The number of pyridine rings is 1. The third-order valence-corrected chi connectivity index (χ3v) is 3.24. The average Bonchev–Trinajstić information content (AvgIpc) is 2.12. The molecule has 2 rings (SSSR count). The molecule has 1 heterocycles. The van der Waals surface area contributed by atoms with E-state index in [4.69, 9.17) is 11.6 Å². The smallest absolute Gasteiger partial charge is 0.255 e. The molecule has 2 nitrogen and oxygen atoms in total. The third kappa shape index (κ3) is 1.38. The van der Waals surface area contributed by atoms with Crippen LogP contribution in [0.5, 0.6) is 0 Å². The lowest BCUT2D eigenvalue weighted by molar-refractivity contribution is 1.28. The minimum Gasteiger partial charge on any atom is -0.329 e. The summed E-state index contributed by atoms with van der Waals surface area (Å²) in [5.41, 5.74) is -0.102. The van der Waals surface area contributed by atoms with E-state index < -0.39 is 0 Å². The molecule has 1 N–H and O–H groups in total. The lowest BCUT2D eigenvalue weighted by Gasteiger charge is -2.00. The van der Waals surface area contributed by atoms with Crippen LogP contribution in [0.4, 0.5) is 0 Å². The summed E-state index contributed by atoms with van der Waals surface area (Å²) in [5, 5.41) is 2.08. The topological polar surface area (TPSA) is 32.9 Å². The van der Waals surface area contributed by atoms with Crippen LogP contribution in [0.3, 0.4) is 0 Å². The molecule has 0 aliphatic heterocycles. The van der Waals surface area contributed by atoms with Crippen LogP contribution >= 0.6 is 27.5 Å². The Morgan fingerprint density at radius 2 is 2.00 bits per heavy atom. The first kappa shape index (κ1) is 8.78. The molecule has 0 amide bonds. The van der Waals surface area contributed by atoms with Gasteiger partial charge in [-0.1, -0.05) is 11.6 Å². The van der Waals surface area contributed by atoms with Crippen molar-refractivity contribution < 1.29 is 0 Å². The van der Waals surface area contributed by atoms with E-state index >= 15 is 0 Å². The molecule has 0 saturated carbocycles. The number of benzene rings is 1. The molecule has 0 spiro atoms. The highest BCUT2D eigenvalue weighted by Crippen LogP contribution is 2.28. The van der Waals surface area contributed by atoms with Gasteiger partial charge in [-0.15, -0.1) is 0 Å². The fourth-order valence-electron chi connectivity index (χ4n) is 1.21. The zero-order chi connectivity index (χ0) is 9.42. The highest BCUT2D eigenvalue weighted by molar-refractivity contribution is 9.10. The van der Waals surface area contributed by atoms with E-state index in [0.717, 1.165) is 9.86 Å². The van der Waals surface area contributed by atoms with Crippen molar-refractivity contribution in [2.24, 2.45) is 0 Å². The van der Waals surface area contributed by atoms with E-state index in [-0.39, 0.29) is 5.56 Å². The number of hydrogen-bond donors (Lipinski definition) is 1. The maximum Gasteiger partial charge on any atom is 0.255 e. The van der Waals surface area contributed by atoms with Crippen molar-refractivity contribution in [3.63, 3.8) is 0 Å². The van der Waals surface area contributed by atoms with Crippen molar-refractivity contribution in [1.82, 2.24) is 4.98 Å². The number of H-pyrrole nitrogens is 1. The molecule has 1 aromatic carbocycles. The first-order valence-corrected chi connectivity index (χ1v) is 4.82. The van der Waals surface area contributed by atoms with Crippen molar-refractivity contribution in [3.05, 3.63) is 44.2 Å². The summed E-state index contributed by atoms with van der Waals surface area (Å²) < 4.78 is 0.762. The molecule has 0 fully saturated rings. The predicted molar refractivity (Wildman–Crippen MR) is 57.3 cm³/mol. The monoisotopic (exact) mass is 257 g/mol. The first-order chi connectivity index (χ1) is 6.20. The first-order valence-electron chi connectivity index (χ1n) is 3.65. The lowest BCUT2D eigenvalue weighted by Crippen LogP contribution is -2.04. The Kier molecular flexibility index (Phi) is 2.14. The normalized spacial score (nSPS) is 10.6. The molecule has 66 valence electrons. The number of aromatic amines is 1. The highest BCUT2D eigenvalue weighted by Gasteiger charge is 2.04. The van der Waals surface area contributed by atoms with E-state index in [1.165, 1.54) is 0 Å². The molecule has 0 atom stereocenters. The summed E-state index contributed by atoms with van der Waals surface area (Å²) in [6.07, 6.45) is 1.60. The second-order valence-corrected chi connectivity index (χ2v) is 3.83. The van der Waals surface area contributed by atoms with Gasteiger partial charge in [-0.2, -0.15) is 0 Å². The van der Waals surface area contributed by atoms with E-state index in [2.05, 4.69) is 20.9 Å². The van der Waals surface area contributed by atoms with E-state index in [1.807, 2.05) is 6.07 Å². The van der Waals surface area contributed by atoms with Gasteiger partial charge in [0.2, 0.25) is 0 Å². The summed E-state index contributed by atoms with van der Waals surface area (Å²) in [4.78, 5) is 13.9. The van der Waals surface area contributed by atoms with Gasteiger partial charge in [0.15, 0.2) is 0 Å². The van der Waals surface area contributed by atoms with Gasteiger partial charge in [0, 0.05) is 21.4 Å². The predicted octanol–water partition coefficient (Wildman–Crippen LogP) is 2.94. The molecule has 2 aromatic rings. The van der Waals surface area contributed by atoms with E-state index in [9.17, 15) is 4.79 Å². The Morgan fingerprint density at radius 3 is 2.77 bits per heavy atom. The van der Waals surface area contributed by atoms with Crippen molar-refractivity contribution >= 4 is 38.3 Å². The summed E-state index contributed by atoms with van der Waals surface area (Å²) in [6, 6.07) is 5.22. The van der Waals surface area contributed by atoms with Crippen LogP contribution in [-0.2, 0) is 0 Å². The summed E-state index contributed by atoms with van der Waals surface area (Å²) in [6.45, 7) is 0. The molecular formula is C9H5BrClNO. The van der Waals surface area contributed by atoms with Crippen LogP contribution in [0.25, 0.3) is 10.8 Å².